The maximum atomic E-state index is 6.28. The van der Waals surface area contributed by atoms with Crippen molar-refractivity contribution in [3.05, 3.63) is 64.7 Å². The number of benzene rings is 2. The first kappa shape index (κ1) is 15.5. The molecule has 2 aliphatic rings. The Hall–Kier alpha value is -1.98. The molecule has 24 heavy (non-hydrogen) atoms. The number of nitrogens with zero attached hydrogens (tertiary/aromatic N) is 4. The van der Waals surface area contributed by atoms with Gasteiger partial charge in [0.2, 0.25) is 0 Å². The van der Waals surface area contributed by atoms with E-state index in [-0.39, 0.29) is 0 Å². The predicted molar refractivity (Wildman–Crippen MR) is 104 cm³/mol. The van der Waals surface area contributed by atoms with E-state index < -0.39 is 0 Å². The zero-order chi connectivity index (χ0) is 16.5. The number of alkyl halides is 1. The largest absolute Gasteiger partial charge is 0.320 e. The normalized spacial score (nSPS) is 16.4. The van der Waals surface area contributed by atoms with E-state index in [2.05, 4.69) is 43.2 Å². The zero-order valence-corrected chi connectivity index (χ0v) is 15.1. The Labute approximate surface area is 153 Å². The summed E-state index contributed by atoms with van der Waals surface area (Å²) < 4.78 is 0. The van der Waals surface area contributed by atoms with E-state index in [9.17, 15) is 0 Å². The van der Waals surface area contributed by atoms with Crippen molar-refractivity contribution in [1.82, 2.24) is 0 Å². The van der Waals surface area contributed by atoms with E-state index in [4.69, 9.17) is 16.6 Å². The minimum atomic E-state index is 0.496. The Balaban J connectivity index is 1.89. The van der Waals surface area contributed by atoms with E-state index >= 15 is 0 Å². The maximum Gasteiger partial charge on any atom is 0.154 e. The molecular formula is C18H14BrClN4. The minimum Gasteiger partial charge on any atom is -0.320 e. The Morgan fingerprint density at radius 2 is 1.92 bits per heavy atom. The van der Waals surface area contributed by atoms with Gasteiger partial charge in [-0.2, -0.15) is 5.10 Å². The third-order valence-electron chi connectivity index (χ3n) is 4.04. The van der Waals surface area contributed by atoms with Crippen LogP contribution in [0.4, 0.5) is 5.69 Å². The molecule has 0 amide bonds. The van der Waals surface area contributed by atoms with E-state index in [0.29, 0.717) is 23.4 Å². The van der Waals surface area contributed by atoms with E-state index in [1.54, 1.807) is 0 Å². The Morgan fingerprint density at radius 3 is 2.71 bits per heavy atom. The van der Waals surface area contributed by atoms with Crippen LogP contribution in [0.5, 0.6) is 0 Å². The Bertz CT molecular complexity index is 874. The van der Waals surface area contributed by atoms with Crippen molar-refractivity contribution < 1.29 is 0 Å². The second kappa shape index (κ2) is 6.49. The molecule has 0 bridgehead atoms. The highest BCUT2D eigenvalue weighted by molar-refractivity contribution is 9.09. The lowest BCUT2D eigenvalue weighted by Crippen LogP contribution is -2.40. The molecule has 0 spiro atoms. The number of rotatable bonds is 2. The second-order valence-electron chi connectivity index (χ2n) is 5.59. The van der Waals surface area contributed by atoms with E-state index in [1.165, 1.54) is 0 Å². The molecule has 2 aliphatic heterocycles. The molecule has 120 valence electrons. The highest BCUT2D eigenvalue weighted by atomic mass is 79.9. The predicted octanol–water partition coefficient (Wildman–Crippen LogP) is 4.16. The molecule has 4 rings (SSSR count). The topological polar surface area (TPSA) is 40.3 Å². The van der Waals surface area contributed by atoms with Gasteiger partial charge in [-0.25, -0.2) is 0 Å². The van der Waals surface area contributed by atoms with Gasteiger partial charge in [-0.15, -0.1) is 5.10 Å². The van der Waals surface area contributed by atoms with Gasteiger partial charge in [0.25, 0.3) is 0 Å². The molecule has 0 aliphatic carbocycles. The summed E-state index contributed by atoms with van der Waals surface area (Å²) in [6.07, 6.45) is 0. The van der Waals surface area contributed by atoms with Gasteiger partial charge in [-0.1, -0.05) is 57.9 Å². The van der Waals surface area contributed by atoms with Crippen molar-refractivity contribution in [2.24, 2.45) is 15.2 Å². The second-order valence-corrected chi connectivity index (χ2v) is 6.59. The van der Waals surface area contributed by atoms with Crippen LogP contribution in [0.15, 0.2) is 63.7 Å². The lowest BCUT2D eigenvalue weighted by molar-refractivity contribution is 1.03. The third kappa shape index (κ3) is 2.78. The van der Waals surface area contributed by atoms with Gasteiger partial charge in [-0.05, 0) is 18.2 Å². The highest BCUT2D eigenvalue weighted by Crippen LogP contribution is 2.30. The van der Waals surface area contributed by atoms with Crippen molar-refractivity contribution >= 4 is 50.5 Å². The first-order valence-corrected chi connectivity index (χ1v) is 9.12. The number of amidine groups is 1. The third-order valence-corrected chi connectivity index (χ3v) is 4.93. The molecule has 0 saturated carbocycles. The molecule has 0 radical (unpaired) electrons. The fourth-order valence-corrected chi connectivity index (χ4v) is 3.37. The number of hydrogen-bond acceptors (Lipinski definition) is 4. The number of aliphatic imine (C=N–C) groups is 1. The lowest BCUT2D eigenvalue weighted by Gasteiger charge is -2.28. The highest BCUT2D eigenvalue weighted by Gasteiger charge is 2.27. The van der Waals surface area contributed by atoms with Crippen LogP contribution in [-0.2, 0) is 0 Å². The molecule has 0 aromatic heterocycles. The van der Waals surface area contributed by atoms with Crippen LogP contribution < -0.4 is 4.90 Å². The van der Waals surface area contributed by atoms with Crippen molar-refractivity contribution in [2.75, 3.05) is 23.3 Å². The first-order valence-electron chi connectivity index (χ1n) is 7.62. The fourth-order valence-electron chi connectivity index (χ4n) is 2.91. The summed E-state index contributed by atoms with van der Waals surface area (Å²) in [7, 11) is 0. The average Bonchev–Trinajstić information content (AvgIpc) is 2.78. The molecular weight excluding hydrogens is 388 g/mol. The van der Waals surface area contributed by atoms with Gasteiger partial charge in [0.15, 0.2) is 5.84 Å². The summed E-state index contributed by atoms with van der Waals surface area (Å²) in [6.45, 7) is 1.20. The van der Waals surface area contributed by atoms with Gasteiger partial charge >= 0.3 is 0 Å². The molecule has 2 aromatic rings. The zero-order valence-electron chi connectivity index (χ0n) is 12.8. The van der Waals surface area contributed by atoms with Crippen LogP contribution in [0.1, 0.15) is 11.1 Å². The van der Waals surface area contributed by atoms with Crippen LogP contribution in [-0.4, -0.2) is 35.7 Å². The molecule has 2 aromatic carbocycles. The Morgan fingerprint density at radius 1 is 1.08 bits per heavy atom. The van der Waals surface area contributed by atoms with Gasteiger partial charge < -0.3 is 4.90 Å². The van der Waals surface area contributed by atoms with Crippen molar-refractivity contribution in [2.45, 2.75) is 0 Å². The summed E-state index contributed by atoms with van der Waals surface area (Å²) >= 11 is 9.75. The fraction of sp³-hybridized carbons (Fsp3) is 0.167. The Kier molecular flexibility index (Phi) is 4.21. The molecule has 2 heterocycles. The number of anilines is 1. The molecule has 0 atom stereocenters. The van der Waals surface area contributed by atoms with E-state index in [1.807, 2.05) is 36.4 Å². The molecule has 0 unspecified atom stereocenters. The van der Waals surface area contributed by atoms with E-state index in [0.717, 1.165) is 34.1 Å². The van der Waals surface area contributed by atoms with Gasteiger partial charge in [0.05, 0.1) is 30.2 Å². The molecule has 0 saturated heterocycles. The van der Waals surface area contributed by atoms with Crippen LogP contribution in [0.2, 0.25) is 5.02 Å². The first-order chi connectivity index (χ1) is 11.8. The van der Waals surface area contributed by atoms with Gasteiger partial charge in [-0.3, -0.25) is 4.99 Å². The number of fused-ring (bicyclic) bond motifs is 3. The monoisotopic (exact) mass is 400 g/mol. The summed E-state index contributed by atoms with van der Waals surface area (Å²) in [5, 5.41) is 10.1. The summed E-state index contributed by atoms with van der Waals surface area (Å²) in [5.74, 6) is 0.856. The van der Waals surface area contributed by atoms with Crippen molar-refractivity contribution in [1.29, 1.82) is 0 Å². The summed E-state index contributed by atoms with van der Waals surface area (Å²) in [6, 6.07) is 16.1. The molecule has 0 N–H and O–H groups in total. The average molecular weight is 402 g/mol. The van der Waals surface area contributed by atoms with Crippen LogP contribution in [0.3, 0.4) is 0 Å². The maximum absolute atomic E-state index is 6.28. The lowest BCUT2D eigenvalue weighted by atomic mass is 10.00. The minimum absolute atomic E-state index is 0.496. The molecule has 0 fully saturated rings. The summed E-state index contributed by atoms with van der Waals surface area (Å²) in [5.41, 5.74) is 5.08. The molecule has 4 nitrogen and oxygen atoms in total. The van der Waals surface area contributed by atoms with Crippen molar-refractivity contribution in [3.63, 3.8) is 0 Å². The SMILES string of the molecule is Clc1ccc2c(c1)C(c1ccccc1)=NCC1=NN=C(CBr)CN12. The molecule has 6 heteroatoms. The van der Waals surface area contributed by atoms with Crippen LogP contribution >= 0.6 is 27.5 Å². The van der Waals surface area contributed by atoms with Gasteiger partial charge in [0.1, 0.15) is 0 Å². The standard InChI is InChI=1S/C18H14BrClN4/c19-9-14-11-24-16-7-6-13(20)8-15(16)18(12-4-2-1-3-5-12)21-10-17(24)23-22-14/h1-8H,9-11H2. The van der Waals surface area contributed by atoms with Gasteiger partial charge in [0, 0.05) is 21.5 Å². The smallest absolute Gasteiger partial charge is 0.154 e. The number of hydrogen-bond donors (Lipinski definition) is 0. The van der Waals surface area contributed by atoms with Crippen molar-refractivity contribution in [3.8, 4) is 0 Å². The number of halogens is 2. The summed E-state index contributed by atoms with van der Waals surface area (Å²) in [4.78, 5) is 6.99. The van der Waals surface area contributed by atoms with Crippen LogP contribution in [0, 0.1) is 0 Å². The van der Waals surface area contributed by atoms with Crippen LogP contribution in [0.25, 0.3) is 0 Å². The quantitative estimate of drug-likeness (QED) is 0.697.